The molecule has 0 bridgehead atoms. The average molecular weight is 420 g/mol. The van der Waals surface area contributed by atoms with Gasteiger partial charge >= 0.3 is 0 Å². The largest absolute Gasteiger partial charge is 0.486 e. The molecule has 29 heavy (non-hydrogen) atoms. The zero-order valence-electron chi connectivity index (χ0n) is 16.5. The van der Waals surface area contributed by atoms with E-state index in [4.69, 9.17) is 9.47 Å². The second-order valence-electron chi connectivity index (χ2n) is 6.96. The molecule has 2 aliphatic rings. The van der Waals surface area contributed by atoms with Gasteiger partial charge in [0.2, 0.25) is 10.0 Å². The van der Waals surface area contributed by atoms with Gasteiger partial charge in [-0.25, -0.2) is 18.4 Å². The summed E-state index contributed by atoms with van der Waals surface area (Å²) in [5.41, 5.74) is 0.811. The molecular weight excluding hydrogens is 394 g/mol. The molecule has 4 rings (SSSR count). The highest BCUT2D eigenvalue weighted by Crippen LogP contribution is 2.38. The Morgan fingerprint density at radius 3 is 2.69 bits per heavy atom. The standard InChI is InChI=1S/C19H25N5O4S/c1-20-12-13-10-18(21-2)23-19(22-13)15-4-3-7-24(15)29(25,26)14-5-6-16-17(11-14)28-9-8-27-16/h5-6,10-11,15,20H,3-4,7-9,12H2,1-2H3,(H,21,22,23). The molecule has 2 N–H and O–H groups in total. The molecule has 1 fully saturated rings. The van der Waals surface area contributed by atoms with Crippen LogP contribution in [-0.2, 0) is 16.6 Å². The smallest absolute Gasteiger partial charge is 0.243 e. The molecule has 0 saturated carbocycles. The number of aromatic nitrogens is 2. The highest BCUT2D eigenvalue weighted by molar-refractivity contribution is 7.89. The normalized spacial score (nSPS) is 19.3. The number of nitrogens with one attached hydrogen (secondary N) is 2. The van der Waals surface area contributed by atoms with Gasteiger partial charge in [-0.1, -0.05) is 0 Å². The molecule has 2 aliphatic heterocycles. The van der Waals surface area contributed by atoms with Crippen molar-refractivity contribution in [2.24, 2.45) is 0 Å². The monoisotopic (exact) mass is 419 g/mol. The second-order valence-corrected chi connectivity index (χ2v) is 8.85. The summed E-state index contributed by atoms with van der Waals surface area (Å²) in [4.78, 5) is 9.35. The first-order chi connectivity index (χ1) is 14.0. The van der Waals surface area contributed by atoms with Crippen LogP contribution in [0.5, 0.6) is 11.5 Å². The third-order valence-corrected chi connectivity index (χ3v) is 6.94. The molecule has 1 atom stereocenters. The van der Waals surface area contributed by atoms with Crippen molar-refractivity contribution in [3.05, 3.63) is 35.8 Å². The van der Waals surface area contributed by atoms with Crippen LogP contribution in [0.2, 0.25) is 0 Å². The van der Waals surface area contributed by atoms with Crippen molar-refractivity contribution in [1.82, 2.24) is 19.6 Å². The maximum atomic E-state index is 13.4. The first-order valence-corrected chi connectivity index (χ1v) is 11.1. The zero-order chi connectivity index (χ0) is 20.4. The number of ether oxygens (including phenoxy) is 2. The summed E-state index contributed by atoms with van der Waals surface area (Å²) in [6.45, 7) is 1.87. The Morgan fingerprint density at radius 1 is 1.14 bits per heavy atom. The van der Waals surface area contributed by atoms with Gasteiger partial charge in [0, 0.05) is 32.3 Å². The lowest BCUT2D eigenvalue weighted by Gasteiger charge is -2.25. The Hall–Kier alpha value is -2.43. The molecule has 0 amide bonds. The number of benzene rings is 1. The van der Waals surface area contributed by atoms with Crippen molar-refractivity contribution in [1.29, 1.82) is 0 Å². The molecule has 1 aromatic carbocycles. The fourth-order valence-electron chi connectivity index (χ4n) is 3.67. The van der Waals surface area contributed by atoms with E-state index < -0.39 is 16.1 Å². The van der Waals surface area contributed by atoms with Gasteiger partial charge in [-0.05, 0) is 32.0 Å². The van der Waals surface area contributed by atoms with Gasteiger partial charge in [-0.2, -0.15) is 4.31 Å². The minimum Gasteiger partial charge on any atom is -0.486 e. The quantitative estimate of drug-likeness (QED) is 0.726. The third kappa shape index (κ3) is 3.87. The van der Waals surface area contributed by atoms with Crippen LogP contribution < -0.4 is 20.1 Å². The molecule has 1 saturated heterocycles. The van der Waals surface area contributed by atoms with Gasteiger partial charge in [0.25, 0.3) is 0 Å². The highest BCUT2D eigenvalue weighted by atomic mass is 32.2. The molecular formula is C19H25N5O4S. The Kier molecular flexibility index (Phi) is 5.57. The molecule has 0 spiro atoms. The van der Waals surface area contributed by atoms with Gasteiger partial charge in [0.1, 0.15) is 24.9 Å². The SMILES string of the molecule is CNCc1cc(NC)nc(C2CCCN2S(=O)(=O)c2ccc3c(c2)OCCO3)n1. The van der Waals surface area contributed by atoms with Crippen LogP contribution in [-0.4, -0.2) is 56.5 Å². The lowest BCUT2D eigenvalue weighted by molar-refractivity contribution is 0.171. The molecule has 0 aliphatic carbocycles. The Labute approximate surface area is 170 Å². The van der Waals surface area contributed by atoms with Crippen molar-refractivity contribution in [2.45, 2.75) is 30.3 Å². The van der Waals surface area contributed by atoms with Crippen molar-refractivity contribution < 1.29 is 17.9 Å². The van der Waals surface area contributed by atoms with E-state index in [1.807, 2.05) is 13.1 Å². The van der Waals surface area contributed by atoms with Crippen LogP contribution in [0.25, 0.3) is 0 Å². The number of rotatable bonds is 6. The first-order valence-electron chi connectivity index (χ1n) is 9.64. The molecule has 3 heterocycles. The molecule has 0 radical (unpaired) electrons. The first kappa shape index (κ1) is 19.9. The minimum absolute atomic E-state index is 0.189. The molecule has 9 nitrogen and oxygen atoms in total. The number of hydrogen-bond donors (Lipinski definition) is 2. The maximum absolute atomic E-state index is 13.4. The average Bonchev–Trinajstić information content (AvgIpc) is 3.24. The Balaban J connectivity index is 1.68. The van der Waals surface area contributed by atoms with Crippen LogP contribution in [0, 0.1) is 0 Å². The summed E-state index contributed by atoms with van der Waals surface area (Å²) < 4.78 is 39.4. The van der Waals surface area contributed by atoms with Crippen molar-refractivity contribution >= 4 is 15.8 Å². The van der Waals surface area contributed by atoms with Gasteiger partial charge in [0.15, 0.2) is 11.5 Å². The summed E-state index contributed by atoms with van der Waals surface area (Å²) in [6, 6.07) is 6.20. The van der Waals surface area contributed by atoms with Gasteiger partial charge in [-0.3, -0.25) is 0 Å². The van der Waals surface area contributed by atoms with Gasteiger partial charge in [0.05, 0.1) is 16.6 Å². The Bertz CT molecular complexity index is 998. The van der Waals surface area contributed by atoms with E-state index in [1.54, 1.807) is 19.2 Å². The van der Waals surface area contributed by atoms with E-state index in [0.29, 0.717) is 55.9 Å². The topological polar surface area (TPSA) is 106 Å². The van der Waals surface area contributed by atoms with Crippen LogP contribution >= 0.6 is 0 Å². The summed E-state index contributed by atoms with van der Waals surface area (Å²) in [5, 5.41) is 6.11. The second kappa shape index (κ2) is 8.13. The van der Waals surface area contributed by atoms with E-state index in [1.165, 1.54) is 10.4 Å². The number of fused-ring (bicyclic) bond motifs is 1. The van der Waals surface area contributed by atoms with E-state index in [2.05, 4.69) is 20.6 Å². The summed E-state index contributed by atoms with van der Waals surface area (Å²) >= 11 is 0. The third-order valence-electron chi connectivity index (χ3n) is 5.03. The summed E-state index contributed by atoms with van der Waals surface area (Å²) in [5.74, 6) is 2.21. The summed E-state index contributed by atoms with van der Waals surface area (Å²) in [7, 11) is -0.105. The molecule has 156 valence electrons. The van der Waals surface area contributed by atoms with E-state index >= 15 is 0 Å². The molecule has 1 unspecified atom stereocenters. The van der Waals surface area contributed by atoms with Crippen LogP contribution in [0.3, 0.4) is 0 Å². The van der Waals surface area contributed by atoms with Crippen molar-refractivity contribution in [3.8, 4) is 11.5 Å². The van der Waals surface area contributed by atoms with Crippen molar-refractivity contribution in [2.75, 3.05) is 39.2 Å². The fraction of sp³-hybridized carbons (Fsp3) is 0.474. The molecule has 2 aromatic rings. The Morgan fingerprint density at radius 2 is 1.93 bits per heavy atom. The number of nitrogens with zero attached hydrogens (tertiary/aromatic N) is 3. The van der Waals surface area contributed by atoms with Crippen LogP contribution in [0.1, 0.15) is 30.4 Å². The molecule has 10 heteroatoms. The predicted molar refractivity (Wildman–Crippen MR) is 108 cm³/mol. The maximum Gasteiger partial charge on any atom is 0.243 e. The fourth-order valence-corrected chi connectivity index (χ4v) is 5.34. The summed E-state index contributed by atoms with van der Waals surface area (Å²) in [6.07, 6.45) is 1.43. The lowest BCUT2D eigenvalue weighted by Crippen LogP contribution is -2.32. The van der Waals surface area contributed by atoms with E-state index in [-0.39, 0.29) is 4.90 Å². The van der Waals surface area contributed by atoms with Crippen LogP contribution in [0.15, 0.2) is 29.2 Å². The number of anilines is 1. The predicted octanol–water partition coefficient (Wildman–Crippen LogP) is 1.53. The number of hydrogen-bond acceptors (Lipinski definition) is 8. The van der Waals surface area contributed by atoms with Gasteiger partial charge < -0.3 is 20.1 Å². The van der Waals surface area contributed by atoms with E-state index in [9.17, 15) is 8.42 Å². The number of sulfonamides is 1. The van der Waals surface area contributed by atoms with Gasteiger partial charge in [-0.15, -0.1) is 0 Å². The highest BCUT2D eigenvalue weighted by Gasteiger charge is 2.38. The van der Waals surface area contributed by atoms with Crippen LogP contribution in [0.4, 0.5) is 5.82 Å². The van der Waals surface area contributed by atoms with Crippen molar-refractivity contribution in [3.63, 3.8) is 0 Å². The lowest BCUT2D eigenvalue weighted by atomic mass is 10.2. The molecule has 1 aromatic heterocycles. The minimum atomic E-state index is -3.73. The zero-order valence-corrected chi connectivity index (χ0v) is 17.3. The van der Waals surface area contributed by atoms with E-state index in [0.717, 1.165) is 12.1 Å².